The number of benzene rings is 2. The van der Waals surface area contributed by atoms with Crippen molar-refractivity contribution in [1.82, 2.24) is 15.3 Å². The van der Waals surface area contributed by atoms with Crippen LogP contribution in [0.3, 0.4) is 0 Å². The Morgan fingerprint density at radius 2 is 1.97 bits per heavy atom. The first-order valence-corrected chi connectivity index (χ1v) is 10.8. The van der Waals surface area contributed by atoms with Gasteiger partial charge in [0.15, 0.2) is 5.16 Å². The molecule has 0 aliphatic heterocycles. The highest BCUT2D eigenvalue weighted by Gasteiger charge is 2.13. The number of nitrogens with zero attached hydrogens (tertiary/aromatic N) is 1. The summed E-state index contributed by atoms with van der Waals surface area (Å²) < 4.78 is 18.2. The van der Waals surface area contributed by atoms with Crippen molar-refractivity contribution >= 4 is 17.7 Å². The molecular weight excluding hydrogens is 417 g/mol. The number of carbonyl (C=O) groups excluding carboxylic acids is 1. The molecule has 0 atom stereocenters. The van der Waals surface area contributed by atoms with Gasteiger partial charge in [0.1, 0.15) is 11.6 Å². The summed E-state index contributed by atoms with van der Waals surface area (Å²) >= 11 is 1.41. The molecule has 1 aromatic heterocycles. The fourth-order valence-corrected chi connectivity index (χ4v) is 3.84. The molecule has 2 aromatic carbocycles. The Bertz CT molecular complexity index is 1100. The number of thioether (sulfide) groups is 1. The molecule has 3 rings (SSSR count). The second-order valence-corrected chi connectivity index (χ2v) is 7.94. The van der Waals surface area contributed by atoms with Crippen LogP contribution in [0.2, 0.25) is 0 Å². The van der Waals surface area contributed by atoms with Gasteiger partial charge in [-0.05, 0) is 48.7 Å². The summed E-state index contributed by atoms with van der Waals surface area (Å²) in [6, 6.07) is 13.8. The number of rotatable bonds is 9. The van der Waals surface area contributed by atoms with E-state index < -0.39 is 0 Å². The number of H-pyrrole nitrogens is 1. The average molecular weight is 442 g/mol. The maximum Gasteiger partial charge on any atom is 0.255 e. The number of methoxy groups -OCH3 is 1. The molecule has 0 radical (unpaired) electrons. The van der Waals surface area contributed by atoms with E-state index in [0.717, 1.165) is 16.9 Å². The van der Waals surface area contributed by atoms with Crippen molar-refractivity contribution in [1.29, 1.82) is 0 Å². The predicted octanol–water partition coefficient (Wildman–Crippen LogP) is 3.42. The largest absolute Gasteiger partial charge is 0.497 e. The Morgan fingerprint density at radius 3 is 2.68 bits per heavy atom. The van der Waals surface area contributed by atoms with E-state index >= 15 is 0 Å². The molecule has 0 bridgehead atoms. The second kappa shape index (κ2) is 10.8. The fourth-order valence-electron chi connectivity index (χ4n) is 3.00. The van der Waals surface area contributed by atoms with Gasteiger partial charge in [-0.2, -0.15) is 0 Å². The molecule has 0 aliphatic rings. The molecule has 0 saturated heterocycles. The van der Waals surface area contributed by atoms with Crippen molar-refractivity contribution in [3.8, 4) is 5.75 Å². The molecule has 31 heavy (non-hydrogen) atoms. The third kappa shape index (κ3) is 6.68. The number of carbonyl (C=O) groups is 1. The van der Waals surface area contributed by atoms with E-state index in [0.29, 0.717) is 35.1 Å². The molecule has 6 nitrogen and oxygen atoms in total. The zero-order chi connectivity index (χ0) is 22.2. The number of ether oxygens (including phenoxy) is 1. The van der Waals surface area contributed by atoms with Gasteiger partial charge in [-0.15, -0.1) is 0 Å². The molecule has 3 aromatic rings. The summed E-state index contributed by atoms with van der Waals surface area (Å²) in [5.41, 5.74) is 2.55. The second-order valence-electron chi connectivity index (χ2n) is 6.98. The number of hydrogen-bond donors (Lipinski definition) is 2. The minimum atomic E-state index is -0.311. The van der Waals surface area contributed by atoms with Crippen LogP contribution in [-0.2, 0) is 23.4 Å². The summed E-state index contributed by atoms with van der Waals surface area (Å²) in [5.74, 6) is 0.855. The van der Waals surface area contributed by atoms with Gasteiger partial charge >= 0.3 is 0 Å². The lowest BCUT2D eigenvalue weighted by molar-refractivity contribution is -0.120. The SMILES string of the molecule is COc1cccc(CSc2nc(C)c(CC(=O)NCCc3ccc(F)cc3)c(=O)[nH]2)c1. The van der Waals surface area contributed by atoms with Crippen molar-refractivity contribution in [3.05, 3.63) is 87.1 Å². The van der Waals surface area contributed by atoms with Gasteiger partial charge in [0, 0.05) is 23.6 Å². The third-order valence-corrected chi connectivity index (χ3v) is 5.64. The summed E-state index contributed by atoms with van der Waals surface area (Å²) in [6.45, 7) is 2.13. The normalized spacial score (nSPS) is 10.7. The van der Waals surface area contributed by atoms with Crippen molar-refractivity contribution in [2.24, 2.45) is 0 Å². The lowest BCUT2D eigenvalue weighted by atomic mass is 10.1. The van der Waals surface area contributed by atoms with Crippen LogP contribution in [-0.4, -0.2) is 29.5 Å². The van der Waals surface area contributed by atoms with Crippen LogP contribution in [0.5, 0.6) is 5.75 Å². The van der Waals surface area contributed by atoms with Crippen LogP contribution in [0.4, 0.5) is 4.39 Å². The van der Waals surface area contributed by atoms with E-state index in [1.54, 1.807) is 26.2 Å². The number of aryl methyl sites for hydroxylation is 1. The van der Waals surface area contributed by atoms with Crippen LogP contribution < -0.4 is 15.6 Å². The predicted molar refractivity (Wildman–Crippen MR) is 119 cm³/mol. The summed E-state index contributed by atoms with van der Waals surface area (Å²) in [5, 5.41) is 3.30. The Labute approximate surface area is 184 Å². The van der Waals surface area contributed by atoms with E-state index in [4.69, 9.17) is 4.74 Å². The van der Waals surface area contributed by atoms with Gasteiger partial charge < -0.3 is 15.0 Å². The Kier molecular flexibility index (Phi) is 7.83. The average Bonchev–Trinajstić information content (AvgIpc) is 2.76. The third-order valence-electron chi connectivity index (χ3n) is 4.70. The number of nitrogens with one attached hydrogen (secondary N) is 2. The van der Waals surface area contributed by atoms with Gasteiger partial charge in [0.2, 0.25) is 5.91 Å². The minimum absolute atomic E-state index is 0.0432. The number of hydrogen-bond acceptors (Lipinski definition) is 5. The summed E-state index contributed by atoms with van der Waals surface area (Å²) in [6.07, 6.45) is 0.540. The van der Waals surface area contributed by atoms with Gasteiger partial charge in [0.25, 0.3) is 5.56 Å². The van der Waals surface area contributed by atoms with Crippen molar-refractivity contribution in [3.63, 3.8) is 0 Å². The number of amides is 1. The van der Waals surface area contributed by atoms with Crippen LogP contribution in [0.25, 0.3) is 0 Å². The van der Waals surface area contributed by atoms with E-state index in [2.05, 4.69) is 15.3 Å². The zero-order valence-corrected chi connectivity index (χ0v) is 18.2. The monoisotopic (exact) mass is 441 g/mol. The molecule has 1 amide bonds. The first-order valence-electron chi connectivity index (χ1n) is 9.81. The highest BCUT2D eigenvalue weighted by molar-refractivity contribution is 7.98. The minimum Gasteiger partial charge on any atom is -0.497 e. The Morgan fingerprint density at radius 1 is 1.19 bits per heavy atom. The first-order chi connectivity index (χ1) is 14.9. The van der Waals surface area contributed by atoms with Crippen LogP contribution in [0, 0.1) is 12.7 Å². The molecule has 0 aliphatic carbocycles. The quantitative estimate of drug-likeness (QED) is 0.393. The van der Waals surface area contributed by atoms with Crippen LogP contribution in [0.1, 0.15) is 22.4 Å². The van der Waals surface area contributed by atoms with Crippen LogP contribution >= 0.6 is 11.8 Å². The van der Waals surface area contributed by atoms with Crippen LogP contribution in [0.15, 0.2) is 58.5 Å². The lowest BCUT2D eigenvalue weighted by Crippen LogP contribution is -2.30. The highest BCUT2D eigenvalue weighted by atomic mass is 32.2. The van der Waals surface area contributed by atoms with Gasteiger partial charge in [-0.3, -0.25) is 9.59 Å². The van der Waals surface area contributed by atoms with Gasteiger partial charge in [-0.1, -0.05) is 36.0 Å². The first kappa shape index (κ1) is 22.6. The van der Waals surface area contributed by atoms with E-state index in [1.165, 1.54) is 23.9 Å². The topological polar surface area (TPSA) is 84.1 Å². The summed E-state index contributed by atoms with van der Waals surface area (Å²) in [4.78, 5) is 31.9. The fraction of sp³-hybridized carbons (Fsp3) is 0.261. The highest BCUT2D eigenvalue weighted by Crippen LogP contribution is 2.22. The standard InChI is InChI=1S/C23H24FN3O3S/c1-15-20(13-21(28)25-11-10-16-6-8-18(24)9-7-16)22(29)27-23(26-15)31-14-17-4-3-5-19(12-17)30-2/h3-9,12H,10-11,13-14H2,1-2H3,(H,25,28)(H,26,27,29). The molecule has 0 spiro atoms. The van der Waals surface area contributed by atoms with E-state index in [1.807, 2.05) is 24.3 Å². The van der Waals surface area contributed by atoms with Crippen molar-refractivity contribution in [2.75, 3.05) is 13.7 Å². The summed E-state index contributed by atoms with van der Waals surface area (Å²) in [7, 11) is 1.62. The Hall–Kier alpha value is -3.13. The Balaban J connectivity index is 1.54. The molecule has 2 N–H and O–H groups in total. The molecule has 162 valence electrons. The zero-order valence-electron chi connectivity index (χ0n) is 17.4. The maximum atomic E-state index is 12.9. The lowest BCUT2D eigenvalue weighted by Gasteiger charge is -2.09. The van der Waals surface area contributed by atoms with Gasteiger partial charge in [-0.25, -0.2) is 9.37 Å². The molecular formula is C23H24FN3O3S. The van der Waals surface area contributed by atoms with Crippen molar-refractivity contribution < 1.29 is 13.9 Å². The van der Waals surface area contributed by atoms with Gasteiger partial charge in [0.05, 0.1) is 13.5 Å². The smallest absolute Gasteiger partial charge is 0.255 e. The number of halogens is 1. The number of aromatic nitrogens is 2. The van der Waals surface area contributed by atoms with Crippen molar-refractivity contribution in [2.45, 2.75) is 30.7 Å². The molecule has 1 heterocycles. The van der Waals surface area contributed by atoms with E-state index in [9.17, 15) is 14.0 Å². The maximum absolute atomic E-state index is 12.9. The molecule has 0 fully saturated rings. The molecule has 8 heteroatoms. The van der Waals surface area contributed by atoms with E-state index in [-0.39, 0.29) is 23.7 Å². The molecule has 0 unspecified atom stereocenters. The molecule has 0 saturated carbocycles. The number of aromatic amines is 1.